The van der Waals surface area contributed by atoms with Gasteiger partial charge in [-0.15, -0.1) is 0 Å². The summed E-state index contributed by atoms with van der Waals surface area (Å²) >= 11 is 0. The molecule has 0 aromatic rings. The van der Waals surface area contributed by atoms with Crippen LogP contribution in [0.3, 0.4) is 0 Å². The van der Waals surface area contributed by atoms with Gasteiger partial charge in [-0.3, -0.25) is 9.59 Å². The highest BCUT2D eigenvalue weighted by atomic mass is 16.2. The normalized spacial score (nSPS) is 31.2. The zero-order valence-electron chi connectivity index (χ0n) is 9.45. The van der Waals surface area contributed by atoms with E-state index >= 15 is 0 Å². The van der Waals surface area contributed by atoms with E-state index in [9.17, 15) is 9.59 Å². The van der Waals surface area contributed by atoms with Crippen LogP contribution in [0.2, 0.25) is 0 Å². The molecular formula is C12H18N2O2. The van der Waals surface area contributed by atoms with Gasteiger partial charge in [-0.2, -0.15) is 0 Å². The highest BCUT2D eigenvalue weighted by Crippen LogP contribution is 2.35. The average molecular weight is 222 g/mol. The first-order valence-corrected chi connectivity index (χ1v) is 6.32. The molecule has 3 fully saturated rings. The zero-order valence-corrected chi connectivity index (χ0v) is 9.45. The van der Waals surface area contributed by atoms with Crippen LogP contribution in [0.4, 0.5) is 0 Å². The lowest BCUT2D eigenvalue weighted by Gasteiger charge is -2.37. The summed E-state index contributed by atoms with van der Waals surface area (Å²) in [7, 11) is 0. The van der Waals surface area contributed by atoms with Crippen molar-refractivity contribution in [1.29, 1.82) is 0 Å². The van der Waals surface area contributed by atoms with Gasteiger partial charge in [0.05, 0.1) is 6.54 Å². The van der Waals surface area contributed by atoms with Crippen molar-refractivity contribution in [2.45, 2.75) is 38.1 Å². The lowest BCUT2D eigenvalue weighted by Crippen LogP contribution is -2.59. The lowest BCUT2D eigenvalue weighted by atomic mass is 9.85. The molecular weight excluding hydrogens is 204 g/mol. The first-order chi connectivity index (χ1) is 7.74. The molecule has 1 atom stereocenters. The Bertz CT molecular complexity index is 321. The first-order valence-electron chi connectivity index (χ1n) is 6.32. The molecule has 1 N–H and O–H groups in total. The van der Waals surface area contributed by atoms with Gasteiger partial charge in [0.2, 0.25) is 11.8 Å². The summed E-state index contributed by atoms with van der Waals surface area (Å²) in [5, 5.41) is 2.84. The number of carbonyl (C=O) groups is 2. The maximum absolute atomic E-state index is 12.1. The molecule has 0 aromatic heterocycles. The summed E-state index contributed by atoms with van der Waals surface area (Å²) in [5.41, 5.74) is 0. The standard InChI is InChI=1S/C12H18N2O2/c15-10-7-14(6-8-2-1-3-8)12(16)11(13-10)9-4-5-9/h8-9,11H,1-7H2,(H,13,15). The Hall–Kier alpha value is -1.06. The topological polar surface area (TPSA) is 49.4 Å². The van der Waals surface area contributed by atoms with Gasteiger partial charge < -0.3 is 10.2 Å². The number of hydrogen-bond donors (Lipinski definition) is 1. The maximum atomic E-state index is 12.1. The molecule has 1 saturated heterocycles. The van der Waals surface area contributed by atoms with E-state index < -0.39 is 0 Å². The second-order valence-corrected chi connectivity index (χ2v) is 5.40. The summed E-state index contributed by atoms with van der Waals surface area (Å²) in [6, 6.07) is -0.207. The van der Waals surface area contributed by atoms with Crippen molar-refractivity contribution in [3.8, 4) is 0 Å². The van der Waals surface area contributed by atoms with Crippen molar-refractivity contribution >= 4 is 11.8 Å². The number of rotatable bonds is 3. The van der Waals surface area contributed by atoms with E-state index in [2.05, 4.69) is 5.32 Å². The number of nitrogens with zero attached hydrogens (tertiary/aromatic N) is 1. The SMILES string of the molecule is O=C1CN(CC2CCC2)C(=O)C(C2CC2)N1. The van der Waals surface area contributed by atoms with Gasteiger partial charge in [-0.1, -0.05) is 6.42 Å². The molecule has 0 aromatic carbocycles. The van der Waals surface area contributed by atoms with Crippen LogP contribution in [0.1, 0.15) is 32.1 Å². The number of hydrogen-bond acceptors (Lipinski definition) is 2. The summed E-state index contributed by atoms with van der Waals surface area (Å²) in [6.45, 7) is 1.08. The van der Waals surface area contributed by atoms with Crippen molar-refractivity contribution in [1.82, 2.24) is 10.2 Å². The Morgan fingerprint density at radius 1 is 1.19 bits per heavy atom. The van der Waals surface area contributed by atoms with E-state index in [1.807, 2.05) is 0 Å². The highest BCUT2D eigenvalue weighted by Gasteiger charge is 2.43. The minimum atomic E-state index is -0.207. The van der Waals surface area contributed by atoms with Gasteiger partial charge in [0.1, 0.15) is 6.04 Å². The third-order valence-electron chi connectivity index (χ3n) is 4.03. The molecule has 0 radical (unpaired) electrons. The molecule has 2 saturated carbocycles. The molecule has 1 aliphatic heterocycles. The molecule has 88 valence electrons. The fourth-order valence-electron chi connectivity index (χ4n) is 2.62. The van der Waals surface area contributed by atoms with Gasteiger partial charge in [-0.05, 0) is 37.5 Å². The molecule has 3 rings (SSSR count). The Morgan fingerprint density at radius 3 is 2.50 bits per heavy atom. The number of carbonyl (C=O) groups excluding carboxylic acids is 2. The van der Waals surface area contributed by atoms with Crippen molar-refractivity contribution in [3.05, 3.63) is 0 Å². The van der Waals surface area contributed by atoms with E-state index in [0.717, 1.165) is 19.4 Å². The zero-order chi connectivity index (χ0) is 11.1. The van der Waals surface area contributed by atoms with Crippen LogP contribution in [0, 0.1) is 11.8 Å². The Kier molecular flexibility index (Phi) is 2.37. The first kappa shape index (κ1) is 10.1. The predicted octanol–water partition coefficient (Wildman–Crippen LogP) is 0.524. The van der Waals surface area contributed by atoms with Crippen LogP contribution >= 0.6 is 0 Å². The molecule has 2 aliphatic carbocycles. The van der Waals surface area contributed by atoms with Gasteiger partial charge in [0.25, 0.3) is 0 Å². The Labute approximate surface area is 95.4 Å². The Morgan fingerprint density at radius 2 is 1.94 bits per heavy atom. The molecule has 4 nitrogen and oxygen atoms in total. The molecule has 2 amide bonds. The highest BCUT2D eigenvalue weighted by molar-refractivity contribution is 5.95. The second kappa shape index (κ2) is 3.75. The molecule has 4 heteroatoms. The van der Waals surface area contributed by atoms with E-state index in [-0.39, 0.29) is 24.4 Å². The molecule has 3 aliphatic rings. The summed E-state index contributed by atoms with van der Waals surface area (Å²) in [4.78, 5) is 25.5. The Balaban J connectivity index is 1.65. The van der Waals surface area contributed by atoms with E-state index in [1.165, 1.54) is 19.3 Å². The summed E-state index contributed by atoms with van der Waals surface area (Å²) in [6.07, 6.45) is 5.91. The molecule has 16 heavy (non-hydrogen) atoms. The fourth-order valence-corrected chi connectivity index (χ4v) is 2.62. The molecule has 1 heterocycles. The van der Waals surface area contributed by atoms with Crippen LogP contribution in [0.25, 0.3) is 0 Å². The van der Waals surface area contributed by atoms with Crippen LogP contribution in [-0.2, 0) is 9.59 Å². The summed E-state index contributed by atoms with van der Waals surface area (Å²) < 4.78 is 0. The average Bonchev–Trinajstić information content (AvgIpc) is 2.99. The predicted molar refractivity (Wildman–Crippen MR) is 58.6 cm³/mol. The molecule has 0 bridgehead atoms. The minimum absolute atomic E-state index is 0.0239. The van der Waals surface area contributed by atoms with Crippen LogP contribution in [-0.4, -0.2) is 35.8 Å². The van der Waals surface area contributed by atoms with E-state index in [4.69, 9.17) is 0 Å². The summed E-state index contributed by atoms with van der Waals surface area (Å²) in [5.74, 6) is 1.25. The quantitative estimate of drug-likeness (QED) is 0.757. The number of nitrogens with one attached hydrogen (secondary N) is 1. The van der Waals surface area contributed by atoms with E-state index in [0.29, 0.717) is 11.8 Å². The van der Waals surface area contributed by atoms with Gasteiger partial charge in [0.15, 0.2) is 0 Å². The monoisotopic (exact) mass is 222 g/mol. The lowest BCUT2D eigenvalue weighted by molar-refractivity contribution is -0.145. The van der Waals surface area contributed by atoms with Crippen molar-refractivity contribution < 1.29 is 9.59 Å². The third-order valence-corrected chi connectivity index (χ3v) is 4.03. The molecule has 1 unspecified atom stereocenters. The van der Waals surface area contributed by atoms with Crippen LogP contribution < -0.4 is 5.32 Å². The van der Waals surface area contributed by atoms with Gasteiger partial charge >= 0.3 is 0 Å². The van der Waals surface area contributed by atoms with Gasteiger partial charge in [-0.25, -0.2) is 0 Å². The maximum Gasteiger partial charge on any atom is 0.245 e. The van der Waals surface area contributed by atoms with Crippen LogP contribution in [0.15, 0.2) is 0 Å². The number of piperazine rings is 1. The third kappa shape index (κ3) is 1.81. The van der Waals surface area contributed by atoms with Crippen LogP contribution in [0.5, 0.6) is 0 Å². The van der Waals surface area contributed by atoms with Crippen molar-refractivity contribution in [3.63, 3.8) is 0 Å². The fraction of sp³-hybridized carbons (Fsp3) is 0.833. The van der Waals surface area contributed by atoms with Crippen molar-refractivity contribution in [2.75, 3.05) is 13.1 Å². The minimum Gasteiger partial charge on any atom is -0.342 e. The molecule has 0 spiro atoms. The smallest absolute Gasteiger partial charge is 0.245 e. The van der Waals surface area contributed by atoms with Crippen molar-refractivity contribution in [2.24, 2.45) is 11.8 Å². The van der Waals surface area contributed by atoms with Gasteiger partial charge in [0, 0.05) is 6.54 Å². The number of amides is 2. The largest absolute Gasteiger partial charge is 0.342 e. The second-order valence-electron chi connectivity index (χ2n) is 5.40. The van der Waals surface area contributed by atoms with E-state index in [1.54, 1.807) is 4.90 Å².